The Labute approximate surface area is 205 Å². The van der Waals surface area contributed by atoms with Crippen LogP contribution in [-0.2, 0) is 6.42 Å². The van der Waals surface area contributed by atoms with E-state index in [1.54, 1.807) is 5.56 Å². The number of hydrogen-bond donors (Lipinski definition) is 0. The van der Waals surface area contributed by atoms with E-state index >= 15 is 0 Å². The van der Waals surface area contributed by atoms with Gasteiger partial charge in [0.2, 0.25) is 0 Å². The van der Waals surface area contributed by atoms with Gasteiger partial charge in [-0.05, 0) is 83.9 Å². The summed E-state index contributed by atoms with van der Waals surface area (Å²) in [5, 5.41) is 0. The lowest BCUT2D eigenvalue weighted by Gasteiger charge is -2.27. The van der Waals surface area contributed by atoms with Crippen LogP contribution < -0.4 is 4.90 Å². The minimum Gasteiger partial charge on any atom is -0.338 e. The molecule has 3 aromatic rings. The van der Waals surface area contributed by atoms with Crippen LogP contribution in [0.25, 0.3) is 11.6 Å². The third kappa shape index (κ3) is 4.28. The van der Waals surface area contributed by atoms with E-state index in [4.69, 9.17) is 0 Å². The van der Waals surface area contributed by atoms with Gasteiger partial charge in [0, 0.05) is 23.3 Å². The molecule has 1 heteroatoms. The fraction of sp³-hybridized carbons (Fsp3) is 0.273. The first-order valence-corrected chi connectivity index (χ1v) is 12.8. The second kappa shape index (κ2) is 9.89. The molecule has 34 heavy (non-hydrogen) atoms. The van der Waals surface area contributed by atoms with Crippen molar-refractivity contribution >= 4 is 23.0 Å². The van der Waals surface area contributed by atoms with Crippen molar-refractivity contribution in [3.8, 4) is 0 Å². The van der Waals surface area contributed by atoms with Gasteiger partial charge in [0.1, 0.15) is 0 Å². The van der Waals surface area contributed by atoms with Crippen molar-refractivity contribution in [2.75, 3.05) is 4.90 Å². The van der Waals surface area contributed by atoms with Crippen LogP contribution in [-0.4, -0.2) is 6.04 Å². The normalized spacial score (nSPS) is 19.5. The molecular weight excluding hydrogens is 410 g/mol. The molecule has 1 aliphatic carbocycles. The van der Waals surface area contributed by atoms with Crippen LogP contribution in [0.4, 0.5) is 11.4 Å². The molecule has 5 rings (SSSR count). The first-order valence-electron chi connectivity index (χ1n) is 12.8. The zero-order valence-corrected chi connectivity index (χ0v) is 20.5. The van der Waals surface area contributed by atoms with Crippen LogP contribution in [0.2, 0.25) is 0 Å². The minimum absolute atomic E-state index is 0.600. The fourth-order valence-corrected chi connectivity index (χ4v) is 5.85. The van der Waals surface area contributed by atoms with E-state index < -0.39 is 0 Å². The molecule has 0 amide bonds. The third-order valence-corrected chi connectivity index (χ3v) is 7.38. The highest BCUT2D eigenvalue weighted by molar-refractivity contribution is 5.92. The molecule has 1 nitrogen and oxygen atoms in total. The van der Waals surface area contributed by atoms with Crippen LogP contribution >= 0.6 is 0 Å². The highest BCUT2D eigenvalue weighted by atomic mass is 15.2. The molecule has 0 radical (unpaired) electrons. The average Bonchev–Trinajstić information content (AvgIpc) is 3.45. The van der Waals surface area contributed by atoms with Crippen molar-refractivity contribution in [3.05, 3.63) is 119 Å². The summed E-state index contributed by atoms with van der Waals surface area (Å²) in [7, 11) is 0. The Morgan fingerprint density at radius 2 is 1.79 bits per heavy atom. The van der Waals surface area contributed by atoms with Crippen molar-refractivity contribution in [1.82, 2.24) is 0 Å². The second-order valence-corrected chi connectivity index (χ2v) is 9.66. The van der Waals surface area contributed by atoms with Gasteiger partial charge in [-0.1, -0.05) is 93.1 Å². The number of fused-ring (bicyclic) bond motifs is 3. The zero-order valence-electron chi connectivity index (χ0n) is 20.5. The van der Waals surface area contributed by atoms with Gasteiger partial charge in [0.25, 0.3) is 0 Å². The Kier molecular flexibility index (Phi) is 6.54. The number of anilines is 2. The Bertz CT molecular complexity index is 1210. The molecule has 0 N–H and O–H groups in total. The molecule has 3 aromatic carbocycles. The largest absolute Gasteiger partial charge is 0.338 e. The lowest BCUT2D eigenvalue weighted by atomic mass is 9.95. The molecule has 1 fully saturated rings. The summed E-state index contributed by atoms with van der Waals surface area (Å²) in [5.41, 5.74) is 10.4. The first-order chi connectivity index (χ1) is 16.7. The monoisotopic (exact) mass is 445 g/mol. The maximum Gasteiger partial charge on any atom is 0.0449 e. The molecule has 1 saturated carbocycles. The predicted molar refractivity (Wildman–Crippen MR) is 148 cm³/mol. The van der Waals surface area contributed by atoms with Crippen molar-refractivity contribution in [1.29, 1.82) is 0 Å². The van der Waals surface area contributed by atoms with Gasteiger partial charge in [-0.25, -0.2) is 0 Å². The third-order valence-electron chi connectivity index (χ3n) is 7.38. The second-order valence-electron chi connectivity index (χ2n) is 9.66. The molecule has 1 heterocycles. The van der Waals surface area contributed by atoms with Gasteiger partial charge in [-0.15, -0.1) is 0 Å². The Morgan fingerprint density at radius 1 is 1.00 bits per heavy atom. The smallest absolute Gasteiger partial charge is 0.0449 e. The molecule has 172 valence electrons. The highest BCUT2D eigenvalue weighted by Crippen LogP contribution is 2.52. The molecule has 2 atom stereocenters. The summed E-state index contributed by atoms with van der Waals surface area (Å²) in [6.45, 7) is 8.62. The maximum absolute atomic E-state index is 4.32. The summed E-state index contributed by atoms with van der Waals surface area (Å²) >= 11 is 0. The molecular formula is C33H35N. The molecule has 0 spiro atoms. The topological polar surface area (TPSA) is 3.24 Å². The SMILES string of the molecule is C=C(C=CC)C(=Cc1ccc(N2c3ccc(CCC)cc3C3CCCC32)cc1)c1ccccc1. The van der Waals surface area contributed by atoms with Crippen molar-refractivity contribution in [2.24, 2.45) is 0 Å². The predicted octanol–water partition coefficient (Wildman–Crippen LogP) is 9.10. The number of nitrogens with zero attached hydrogens (tertiary/aromatic N) is 1. The fourth-order valence-electron chi connectivity index (χ4n) is 5.85. The number of rotatable bonds is 7. The van der Waals surface area contributed by atoms with Gasteiger partial charge < -0.3 is 4.90 Å². The number of allylic oxidation sites excluding steroid dienone is 4. The molecule has 1 aliphatic heterocycles. The van der Waals surface area contributed by atoms with Crippen molar-refractivity contribution in [3.63, 3.8) is 0 Å². The minimum atomic E-state index is 0.600. The molecule has 0 aromatic heterocycles. The Balaban J connectivity index is 1.48. The summed E-state index contributed by atoms with van der Waals surface area (Å²) in [6, 6.07) is 27.5. The first kappa shape index (κ1) is 22.5. The molecule has 0 saturated heterocycles. The number of hydrogen-bond acceptors (Lipinski definition) is 1. The van der Waals surface area contributed by atoms with Gasteiger partial charge in [0.05, 0.1) is 0 Å². The van der Waals surface area contributed by atoms with Crippen molar-refractivity contribution < 1.29 is 0 Å². The zero-order chi connectivity index (χ0) is 23.5. The van der Waals surface area contributed by atoms with E-state index in [1.165, 1.54) is 60.2 Å². The molecule has 0 bridgehead atoms. The maximum atomic E-state index is 4.32. The van der Waals surface area contributed by atoms with Crippen LogP contribution in [0.3, 0.4) is 0 Å². The standard InChI is InChI=1S/C33H35N/c1-4-10-24(3)30(27-12-7-6-8-13-27)22-26-16-19-28(20-17-26)34-32-15-9-14-29(32)31-23-25(11-5-2)18-21-33(31)34/h4,6-8,10,12-13,16-23,29,32H,3,5,9,11,14-15H2,1-2H3. The van der Waals surface area contributed by atoms with Gasteiger partial charge in [-0.3, -0.25) is 0 Å². The summed E-state index contributed by atoms with van der Waals surface area (Å²) in [4.78, 5) is 2.62. The van der Waals surface area contributed by atoms with E-state index in [-0.39, 0.29) is 0 Å². The van der Waals surface area contributed by atoms with Crippen LogP contribution in [0.5, 0.6) is 0 Å². The Hall–Kier alpha value is -3.32. The lowest BCUT2D eigenvalue weighted by molar-refractivity contribution is 0.641. The number of aryl methyl sites for hydroxylation is 1. The average molecular weight is 446 g/mol. The highest BCUT2D eigenvalue weighted by Gasteiger charge is 2.42. The quantitative estimate of drug-likeness (QED) is 0.259. The van der Waals surface area contributed by atoms with Crippen LogP contribution in [0, 0.1) is 0 Å². The lowest BCUT2D eigenvalue weighted by Crippen LogP contribution is -2.26. The van der Waals surface area contributed by atoms with Crippen molar-refractivity contribution in [2.45, 2.75) is 57.9 Å². The van der Waals surface area contributed by atoms with E-state index in [2.05, 4.69) is 109 Å². The van der Waals surface area contributed by atoms with E-state index in [0.29, 0.717) is 12.0 Å². The van der Waals surface area contributed by atoms with E-state index in [1.807, 2.05) is 6.92 Å². The van der Waals surface area contributed by atoms with E-state index in [9.17, 15) is 0 Å². The van der Waals surface area contributed by atoms with Gasteiger partial charge in [-0.2, -0.15) is 0 Å². The van der Waals surface area contributed by atoms with Crippen LogP contribution in [0.15, 0.2) is 97.1 Å². The number of benzene rings is 3. The summed E-state index contributed by atoms with van der Waals surface area (Å²) < 4.78 is 0. The van der Waals surface area contributed by atoms with Crippen LogP contribution in [0.1, 0.15) is 67.7 Å². The molecule has 2 unspecified atom stereocenters. The molecule has 2 aliphatic rings. The summed E-state index contributed by atoms with van der Waals surface area (Å²) in [6.07, 6.45) is 12.7. The summed E-state index contributed by atoms with van der Waals surface area (Å²) in [5.74, 6) is 0.681. The van der Waals surface area contributed by atoms with Gasteiger partial charge in [0.15, 0.2) is 0 Å². The Morgan fingerprint density at radius 3 is 2.53 bits per heavy atom. The van der Waals surface area contributed by atoms with E-state index in [0.717, 1.165) is 11.1 Å². The van der Waals surface area contributed by atoms with Gasteiger partial charge >= 0.3 is 0 Å².